The second-order valence-electron chi connectivity index (χ2n) is 14.5. The van der Waals surface area contributed by atoms with E-state index in [-0.39, 0.29) is 12.0 Å². The molecule has 2 aromatic heterocycles. The van der Waals surface area contributed by atoms with E-state index in [2.05, 4.69) is 61.7 Å². The molecule has 2 saturated heterocycles. The fourth-order valence-electron chi connectivity index (χ4n) is 8.64. The number of piperidine rings is 1. The largest absolute Gasteiger partial charge is 0.460 e. The third-order valence-corrected chi connectivity index (χ3v) is 11.3. The first-order chi connectivity index (χ1) is 23.5. The van der Waals surface area contributed by atoms with Crippen molar-refractivity contribution in [3.05, 3.63) is 95.7 Å². The standard InChI is InChI=1S/C39H50N6O3/c46-38(48-29-30-12-4-1-5-13-30)37(32-16-8-3-9-17-32)44-27-33(35(28-44)31-14-6-2-7-15-31)26-43-24-22-39(47,23-25-43)21-11-19-34-18-10-20-36-40-41-42-45(34)36/h1-2,4-7,10,12-15,18,20,32-33,35,37,47H,3,8-9,11,16-17,19,21-29H2/t33-,35+,37+/m0/s1. The molecule has 3 fully saturated rings. The first kappa shape index (κ1) is 32.9. The van der Waals surface area contributed by atoms with Crippen molar-refractivity contribution >= 4 is 11.6 Å². The summed E-state index contributed by atoms with van der Waals surface area (Å²) in [5.74, 6) is 1.05. The number of tetrazole rings is 1. The molecule has 1 N–H and O–H groups in total. The summed E-state index contributed by atoms with van der Waals surface area (Å²) in [7, 11) is 0. The first-order valence-electron chi connectivity index (χ1n) is 18.1. The maximum atomic E-state index is 13.9. The molecule has 4 heterocycles. The topological polar surface area (TPSA) is 96.1 Å². The predicted molar refractivity (Wildman–Crippen MR) is 185 cm³/mol. The molecule has 2 aliphatic heterocycles. The van der Waals surface area contributed by atoms with E-state index < -0.39 is 5.60 Å². The molecule has 0 unspecified atom stereocenters. The zero-order valence-electron chi connectivity index (χ0n) is 28.1. The van der Waals surface area contributed by atoms with Crippen molar-refractivity contribution in [2.45, 2.75) is 88.4 Å². The van der Waals surface area contributed by atoms with Crippen LogP contribution in [-0.4, -0.2) is 85.3 Å². The summed E-state index contributed by atoms with van der Waals surface area (Å²) in [5.41, 5.74) is 3.58. The van der Waals surface area contributed by atoms with Crippen LogP contribution >= 0.6 is 0 Å². The number of fused-ring (bicyclic) bond motifs is 1. The Morgan fingerprint density at radius 1 is 0.917 bits per heavy atom. The van der Waals surface area contributed by atoms with Crippen LogP contribution in [0.25, 0.3) is 5.65 Å². The van der Waals surface area contributed by atoms with Gasteiger partial charge in [0.05, 0.1) is 5.60 Å². The van der Waals surface area contributed by atoms with Gasteiger partial charge in [0.15, 0.2) is 5.65 Å². The highest BCUT2D eigenvalue weighted by molar-refractivity contribution is 5.76. The number of carbonyl (C=O) groups is 1. The Balaban J connectivity index is 0.995. The molecule has 48 heavy (non-hydrogen) atoms. The van der Waals surface area contributed by atoms with Crippen LogP contribution in [0.4, 0.5) is 0 Å². The van der Waals surface area contributed by atoms with Gasteiger partial charge < -0.3 is 14.7 Å². The molecule has 2 aromatic carbocycles. The fraction of sp³-hybridized carbons (Fsp3) is 0.538. The second-order valence-corrected chi connectivity index (χ2v) is 14.5. The summed E-state index contributed by atoms with van der Waals surface area (Å²) in [6.45, 7) is 4.85. The maximum absolute atomic E-state index is 13.9. The summed E-state index contributed by atoms with van der Waals surface area (Å²) < 4.78 is 7.85. The zero-order valence-corrected chi connectivity index (χ0v) is 28.1. The number of ether oxygens (including phenoxy) is 1. The second kappa shape index (κ2) is 15.3. The van der Waals surface area contributed by atoms with Gasteiger partial charge in [0.1, 0.15) is 12.6 Å². The molecule has 4 aromatic rings. The summed E-state index contributed by atoms with van der Waals surface area (Å²) in [6, 6.07) is 26.7. The number of nitrogens with zero attached hydrogens (tertiary/aromatic N) is 6. The molecule has 9 heteroatoms. The van der Waals surface area contributed by atoms with Crippen LogP contribution in [-0.2, 0) is 22.6 Å². The van der Waals surface area contributed by atoms with E-state index in [4.69, 9.17) is 4.74 Å². The van der Waals surface area contributed by atoms with Crippen molar-refractivity contribution in [3.8, 4) is 0 Å². The molecule has 0 amide bonds. The number of aryl methyl sites for hydroxylation is 1. The highest BCUT2D eigenvalue weighted by Gasteiger charge is 2.44. The van der Waals surface area contributed by atoms with Crippen molar-refractivity contribution in [2.24, 2.45) is 11.8 Å². The van der Waals surface area contributed by atoms with Crippen molar-refractivity contribution < 1.29 is 14.6 Å². The fourth-order valence-corrected chi connectivity index (χ4v) is 8.64. The van der Waals surface area contributed by atoms with Gasteiger partial charge in [-0.05, 0) is 90.5 Å². The van der Waals surface area contributed by atoms with Gasteiger partial charge in [-0.1, -0.05) is 86.0 Å². The molecule has 1 saturated carbocycles. The van der Waals surface area contributed by atoms with E-state index in [9.17, 15) is 9.90 Å². The van der Waals surface area contributed by atoms with Crippen LogP contribution in [0.2, 0.25) is 0 Å². The van der Waals surface area contributed by atoms with Crippen LogP contribution in [0.5, 0.6) is 0 Å². The van der Waals surface area contributed by atoms with Gasteiger partial charge >= 0.3 is 5.97 Å². The average Bonchev–Trinajstić information content (AvgIpc) is 3.78. The molecule has 3 atom stereocenters. The van der Waals surface area contributed by atoms with Crippen molar-refractivity contribution in [1.29, 1.82) is 0 Å². The molecule has 0 spiro atoms. The Bertz CT molecular complexity index is 1600. The monoisotopic (exact) mass is 650 g/mol. The SMILES string of the molecule is O=C(OCc1ccccc1)[C@@H](C1CCCCC1)N1C[C@H](CN2CCC(O)(CCCc3cccc4nnnn34)CC2)[C@@H](c2ccccc2)C1. The molecule has 1 aliphatic carbocycles. The zero-order chi connectivity index (χ0) is 32.8. The van der Waals surface area contributed by atoms with Gasteiger partial charge in [-0.15, -0.1) is 5.10 Å². The number of aliphatic hydroxyl groups is 1. The molecule has 7 rings (SSSR count). The maximum Gasteiger partial charge on any atom is 0.323 e. The van der Waals surface area contributed by atoms with Gasteiger partial charge in [-0.3, -0.25) is 9.69 Å². The van der Waals surface area contributed by atoms with Gasteiger partial charge in [-0.2, -0.15) is 4.52 Å². The number of pyridine rings is 1. The number of rotatable bonds is 12. The summed E-state index contributed by atoms with van der Waals surface area (Å²) in [5, 5.41) is 23.5. The lowest BCUT2D eigenvalue weighted by Crippen LogP contribution is -2.48. The van der Waals surface area contributed by atoms with Crippen molar-refractivity contribution in [2.75, 3.05) is 32.7 Å². The predicted octanol–water partition coefficient (Wildman–Crippen LogP) is 5.68. The molecule has 254 valence electrons. The lowest BCUT2D eigenvalue weighted by molar-refractivity contribution is -0.154. The lowest BCUT2D eigenvalue weighted by atomic mass is 9.83. The van der Waals surface area contributed by atoms with E-state index in [1.165, 1.54) is 24.8 Å². The Morgan fingerprint density at radius 3 is 2.44 bits per heavy atom. The van der Waals surface area contributed by atoms with Crippen LogP contribution in [0, 0.1) is 11.8 Å². The van der Waals surface area contributed by atoms with Crippen molar-refractivity contribution in [1.82, 2.24) is 29.8 Å². The number of esters is 1. The number of hydrogen-bond donors (Lipinski definition) is 1. The quantitative estimate of drug-likeness (QED) is 0.196. The van der Waals surface area contributed by atoms with E-state index in [0.717, 1.165) is 94.6 Å². The Morgan fingerprint density at radius 2 is 1.67 bits per heavy atom. The van der Waals surface area contributed by atoms with E-state index in [1.807, 2.05) is 42.5 Å². The minimum absolute atomic E-state index is 0.0578. The lowest BCUT2D eigenvalue weighted by Gasteiger charge is -2.40. The molecule has 0 bridgehead atoms. The number of likely N-dealkylation sites (tertiary alicyclic amines) is 2. The van der Waals surface area contributed by atoms with Crippen LogP contribution in [0.1, 0.15) is 80.5 Å². The minimum Gasteiger partial charge on any atom is -0.460 e. The highest BCUT2D eigenvalue weighted by Crippen LogP contribution is 2.39. The molecular formula is C39H50N6O3. The summed E-state index contributed by atoms with van der Waals surface area (Å²) in [4.78, 5) is 19.0. The summed E-state index contributed by atoms with van der Waals surface area (Å²) in [6.07, 6.45) is 9.90. The Labute approximate surface area is 284 Å². The highest BCUT2D eigenvalue weighted by atomic mass is 16.5. The van der Waals surface area contributed by atoms with Gasteiger partial charge in [-0.25, -0.2) is 0 Å². The smallest absolute Gasteiger partial charge is 0.323 e. The van der Waals surface area contributed by atoms with E-state index in [0.29, 0.717) is 24.4 Å². The molecule has 0 radical (unpaired) electrons. The van der Waals surface area contributed by atoms with Crippen LogP contribution < -0.4 is 0 Å². The Hall–Kier alpha value is -3.66. The third-order valence-electron chi connectivity index (χ3n) is 11.3. The number of benzene rings is 2. The van der Waals surface area contributed by atoms with Gasteiger partial charge in [0, 0.05) is 44.3 Å². The number of carbonyl (C=O) groups excluding carboxylic acids is 1. The normalized spacial score (nSPS) is 22.9. The van der Waals surface area contributed by atoms with Crippen LogP contribution in [0.15, 0.2) is 78.9 Å². The average molecular weight is 651 g/mol. The van der Waals surface area contributed by atoms with Crippen molar-refractivity contribution in [3.63, 3.8) is 0 Å². The molecular weight excluding hydrogens is 600 g/mol. The van der Waals surface area contributed by atoms with Gasteiger partial charge in [0.25, 0.3) is 0 Å². The third kappa shape index (κ3) is 7.80. The van der Waals surface area contributed by atoms with E-state index >= 15 is 0 Å². The Kier molecular flexibility index (Phi) is 10.5. The number of aromatic nitrogens is 4. The van der Waals surface area contributed by atoms with Gasteiger partial charge in [0.2, 0.25) is 0 Å². The van der Waals surface area contributed by atoms with E-state index in [1.54, 1.807) is 4.52 Å². The van der Waals surface area contributed by atoms with Crippen LogP contribution in [0.3, 0.4) is 0 Å². The summed E-state index contributed by atoms with van der Waals surface area (Å²) >= 11 is 0. The molecule has 3 aliphatic rings. The molecule has 9 nitrogen and oxygen atoms in total. The number of hydrogen-bond acceptors (Lipinski definition) is 8. The first-order valence-corrected chi connectivity index (χ1v) is 18.1. The minimum atomic E-state index is -0.639.